The molecule has 8 nitrogen and oxygen atoms in total. The van der Waals surface area contributed by atoms with Crippen LogP contribution in [-0.4, -0.2) is 46.6 Å². The average molecular weight is 282 g/mol. The third-order valence-corrected chi connectivity index (χ3v) is 1.76. The zero-order valence-electron chi connectivity index (χ0n) is 9.39. The number of methoxy groups -OCH3 is 1. The molecule has 1 aromatic rings. The molecule has 0 heterocycles. The van der Waals surface area contributed by atoms with Gasteiger partial charge in [0.2, 0.25) is 0 Å². The summed E-state index contributed by atoms with van der Waals surface area (Å²) in [5, 5.41) is 27.1. The molecule has 0 amide bonds. The van der Waals surface area contributed by atoms with Crippen LogP contribution in [0.1, 0.15) is 11.7 Å². The Balaban J connectivity index is 0.000000494. The topological polar surface area (TPSA) is 145 Å². The molecule has 0 bridgehead atoms. The number of aromatic hydroxyl groups is 1. The van der Waals surface area contributed by atoms with Crippen molar-refractivity contribution in [3.05, 3.63) is 23.8 Å². The van der Waals surface area contributed by atoms with E-state index >= 15 is 0 Å². The van der Waals surface area contributed by atoms with Gasteiger partial charge in [0.05, 0.1) is 13.7 Å². The molecule has 0 aliphatic rings. The van der Waals surface area contributed by atoms with Gasteiger partial charge in [-0.15, -0.1) is 0 Å². The standard InChI is InChI=1S/C9H12O4.H2O4S/c1-13-9-4-6(8(12)5-10)2-3-7(9)11;1-5(2,3)4/h2-4,8,10-12H,5H2,1H3;(H2,1,2,3,4)/t8-;/m0./s1. The minimum atomic E-state index is -4.67. The first-order valence-corrected chi connectivity index (χ1v) is 5.94. The van der Waals surface area contributed by atoms with Crippen LogP contribution in [0.4, 0.5) is 0 Å². The molecule has 1 atom stereocenters. The van der Waals surface area contributed by atoms with Crippen LogP contribution in [0.5, 0.6) is 11.5 Å². The number of rotatable bonds is 3. The fraction of sp³-hybridized carbons (Fsp3) is 0.333. The van der Waals surface area contributed by atoms with Gasteiger partial charge in [-0.05, 0) is 17.7 Å². The van der Waals surface area contributed by atoms with Crippen LogP contribution < -0.4 is 4.74 Å². The summed E-state index contributed by atoms with van der Waals surface area (Å²) in [5.74, 6) is 0.293. The molecular formula is C9H14O8S. The summed E-state index contributed by atoms with van der Waals surface area (Å²) in [6.45, 7) is -0.353. The SMILES string of the molecule is COc1cc([C@@H](O)CO)ccc1O.O=S(=O)(O)O. The highest BCUT2D eigenvalue weighted by Crippen LogP contribution is 2.28. The molecule has 0 saturated carbocycles. The van der Waals surface area contributed by atoms with E-state index in [9.17, 15) is 10.2 Å². The first-order chi connectivity index (χ1) is 8.19. The molecule has 1 rings (SSSR count). The van der Waals surface area contributed by atoms with Crippen LogP contribution >= 0.6 is 0 Å². The van der Waals surface area contributed by atoms with Crippen molar-refractivity contribution >= 4 is 10.4 Å². The Bertz CT molecular complexity index is 461. The van der Waals surface area contributed by atoms with Crippen LogP contribution in [0.3, 0.4) is 0 Å². The van der Waals surface area contributed by atoms with Crippen molar-refractivity contribution in [2.45, 2.75) is 6.10 Å². The number of hydrogen-bond donors (Lipinski definition) is 5. The van der Waals surface area contributed by atoms with E-state index in [1.54, 1.807) is 0 Å². The van der Waals surface area contributed by atoms with E-state index in [-0.39, 0.29) is 18.1 Å². The second-order valence-electron chi connectivity index (χ2n) is 3.08. The van der Waals surface area contributed by atoms with Crippen molar-refractivity contribution < 1.29 is 37.6 Å². The lowest BCUT2D eigenvalue weighted by molar-refractivity contribution is 0.0953. The van der Waals surface area contributed by atoms with E-state index in [0.717, 1.165) is 0 Å². The highest BCUT2D eigenvalue weighted by atomic mass is 32.3. The number of benzene rings is 1. The highest BCUT2D eigenvalue weighted by Gasteiger charge is 2.09. The van der Waals surface area contributed by atoms with Crippen molar-refractivity contribution in [1.82, 2.24) is 0 Å². The lowest BCUT2D eigenvalue weighted by atomic mass is 10.1. The summed E-state index contributed by atoms with van der Waals surface area (Å²) in [7, 11) is -3.25. The van der Waals surface area contributed by atoms with Crippen molar-refractivity contribution in [3.63, 3.8) is 0 Å². The van der Waals surface area contributed by atoms with Gasteiger partial charge in [-0.3, -0.25) is 9.11 Å². The Morgan fingerprint density at radius 3 is 2.22 bits per heavy atom. The summed E-state index contributed by atoms with van der Waals surface area (Å²) in [6, 6.07) is 4.42. The largest absolute Gasteiger partial charge is 0.504 e. The van der Waals surface area contributed by atoms with Crippen LogP contribution in [0.15, 0.2) is 18.2 Å². The Morgan fingerprint density at radius 2 is 1.83 bits per heavy atom. The lowest BCUT2D eigenvalue weighted by Crippen LogP contribution is -2.02. The smallest absolute Gasteiger partial charge is 0.394 e. The van der Waals surface area contributed by atoms with Crippen molar-refractivity contribution in [1.29, 1.82) is 0 Å². The molecule has 0 fully saturated rings. The predicted molar refractivity (Wildman–Crippen MR) is 60.9 cm³/mol. The summed E-state index contributed by atoms with van der Waals surface area (Å²) >= 11 is 0. The number of aliphatic hydroxyl groups excluding tert-OH is 2. The summed E-state index contributed by atoms with van der Waals surface area (Å²) in [6.07, 6.45) is -0.936. The van der Waals surface area contributed by atoms with E-state index in [0.29, 0.717) is 5.56 Å². The zero-order valence-corrected chi connectivity index (χ0v) is 10.2. The van der Waals surface area contributed by atoms with Gasteiger partial charge in [0.15, 0.2) is 11.5 Å². The predicted octanol–water partition coefficient (Wildman–Crippen LogP) is -0.226. The molecule has 1 aromatic carbocycles. The first-order valence-electron chi connectivity index (χ1n) is 4.54. The molecule has 0 spiro atoms. The molecule has 5 N–H and O–H groups in total. The fourth-order valence-corrected chi connectivity index (χ4v) is 1.01. The van der Waals surface area contributed by atoms with Crippen molar-refractivity contribution in [3.8, 4) is 11.5 Å². The third-order valence-electron chi connectivity index (χ3n) is 1.76. The van der Waals surface area contributed by atoms with Crippen molar-refractivity contribution in [2.24, 2.45) is 0 Å². The molecule has 0 aromatic heterocycles. The molecule has 0 radical (unpaired) electrons. The van der Waals surface area contributed by atoms with Crippen LogP contribution in [-0.2, 0) is 10.4 Å². The van der Waals surface area contributed by atoms with Gasteiger partial charge in [0.25, 0.3) is 0 Å². The molecule has 18 heavy (non-hydrogen) atoms. The monoisotopic (exact) mass is 282 g/mol. The second-order valence-corrected chi connectivity index (χ2v) is 3.97. The molecule has 104 valence electrons. The molecular weight excluding hydrogens is 268 g/mol. The maximum absolute atomic E-state index is 9.25. The Morgan fingerprint density at radius 1 is 1.33 bits per heavy atom. The van der Waals surface area contributed by atoms with Gasteiger partial charge in [0.1, 0.15) is 6.10 Å². The Labute approximate surface area is 104 Å². The minimum absolute atomic E-state index is 0.0105. The number of hydrogen-bond acceptors (Lipinski definition) is 6. The number of phenolic OH excluding ortho intramolecular Hbond substituents is 1. The van der Waals surface area contributed by atoms with E-state index in [1.165, 1.54) is 25.3 Å². The van der Waals surface area contributed by atoms with Gasteiger partial charge in [-0.2, -0.15) is 8.42 Å². The summed E-state index contributed by atoms with van der Waals surface area (Å²) in [5.41, 5.74) is 0.511. The average Bonchev–Trinajstić information content (AvgIpc) is 2.26. The van der Waals surface area contributed by atoms with Gasteiger partial charge in [0, 0.05) is 0 Å². The fourth-order valence-electron chi connectivity index (χ4n) is 1.01. The molecule has 0 saturated heterocycles. The molecule has 0 unspecified atom stereocenters. The zero-order chi connectivity index (χ0) is 14.3. The number of aliphatic hydroxyl groups is 2. The third kappa shape index (κ3) is 7.04. The van der Waals surface area contributed by atoms with Gasteiger partial charge >= 0.3 is 10.4 Å². The quantitative estimate of drug-likeness (QED) is 0.478. The van der Waals surface area contributed by atoms with Crippen LogP contribution in [0, 0.1) is 0 Å². The molecule has 0 aliphatic carbocycles. The minimum Gasteiger partial charge on any atom is -0.504 e. The summed E-state index contributed by atoms with van der Waals surface area (Å²) < 4.78 is 36.4. The first kappa shape index (κ1) is 16.6. The van der Waals surface area contributed by atoms with E-state index in [1.807, 2.05) is 0 Å². The number of phenols is 1. The maximum Gasteiger partial charge on any atom is 0.394 e. The highest BCUT2D eigenvalue weighted by molar-refractivity contribution is 7.79. The van der Waals surface area contributed by atoms with Gasteiger partial charge in [-0.25, -0.2) is 0 Å². The Kier molecular flexibility index (Phi) is 6.58. The van der Waals surface area contributed by atoms with E-state index in [4.69, 9.17) is 27.4 Å². The molecule has 0 aliphatic heterocycles. The van der Waals surface area contributed by atoms with Gasteiger partial charge in [-0.1, -0.05) is 6.07 Å². The van der Waals surface area contributed by atoms with E-state index < -0.39 is 16.5 Å². The normalized spacial score (nSPS) is 12.3. The molecule has 9 heteroatoms. The maximum atomic E-state index is 9.25. The second kappa shape index (κ2) is 7.13. The lowest BCUT2D eigenvalue weighted by Gasteiger charge is -2.09. The van der Waals surface area contributed by atoms with Crippen LogP contribution in [0.2, 0.25) is 0 Å². The Hall–Kier alpha value is -1.39. The van der Waals surface area contributed by atoms with Gasteiger partial charge < -0.3 is 20.1 Å². The van der Waals surface area contributed by atoms with Crippen molar-refractivity contribution in [2.75, 3.05) is 13.7 Å². The van der Waals surface area contributed by atoms with Crippen LogP contribution in [0.25, 0.3) is 0 Å². The van der Waals surface area contributed by atoms with E-state index in [2.05, 4.69) is 0 Å². The number of ether oxygens (including phenoxy) is 1. The summed E-state index contributed by atoms with van der Waals surface area (Å²) in [4.78, 5) is 0.